The second-order valence-electron chi connectivity index (χ2n) is 7.81. The number of esters is 1. The second-order valence-corrected chi connectivity index (χ2v) is 8.19. The number of rotatable bonds is 5. The fourth-order valence-corrected chi connectivity index (χ4v) is 3.75. The number of aryl methyl sites for hydroxylation is 2. The van der Waals surface area contributed by atoms with Crippen LogP contribution in [0.3, 0.4) is 0 Å². The van der Waals surface area contributed by atoms with E-state index in [0.717, 1.165) is 11.1 Å². The predicted molar refractivity (Wildman–Crippen MR) is 121 cm³/mol. The Morgan fingerprint density at radius 2 is 1.59 bits per heavy atom. The van der Waals surface area contributed by atoms with Gasteiger partial charge in [-0.15, -0.1) is 0 Å². The van der Waals surface area contributed by atoms with E-state index >= 15 is 0 Å². The molecule has 170 valence electrons. The summed E-state index contributed by atoms with van der Waals surface area (Å²) < 4.78 is 10.8. The Bertz CT molecular complexity index is 1000. The molecule has 2 aromatic rings. The number of amides is 2. The number of carbonyl (C=O) groups is 3. The first-order chi connectivity index (χ1) is 15.2. The van der Waals surface area contributed by atoms with E-state index in [2.05, 4.69) is 0 Å². The number of hydrogen-bond acceptors (Lipinski definition) is 5. The van der Waals surface area contributed by atoms with E-state index in [1.54, 1.807) is 34.1 Å². The summed E-state index contributed by atoms with van der Waals surface area (Å²) in [6.45, 7) is 6.97. The third-order valence-electron chi connectivity index (χ3n) is 5.25. The Hall–Kier alpha value is -3.06. The van der Waals surface area contributed by atoms with Gasteiger partial charge in [-0.3, -0.25) is 14.4 Å². The van der Waals surface area contributed by atoms with Crippen molar-refractivity contribution >= 4 is 29.4 Å². The van der Waals surface area contributed by atoms with Crippen LogP contribution in [-0.2, 0) is 9.59 Å². The molecule has 3 rings (SSSR count). The Morgan fingerprint density at radius 1 is 0.938 bits per heavy atom. The highest BCUT2D eigenvalue weighted by Crippen LogP contribution is 2.26. The molecule has 1 aliphatic rings. The standard InChI is InChI=1S/C24H27ClN2O5/c1-16-12-21(13-17(2)23(16)25)31-15-22(29)26-8-5-9-27(11-10-26)24(30)19-6-4-7-20(14-19)32-18(3)28/h4,6-7,12-14H,5,8-11,15H2,1-3H3. The highest BCUT2D eigenvalue weighted by atomic mass is 35.5. The number of ether oxygens (including phenoxy) is 2. The second kappa shape index (κ2) is 10.5. The molecule has 0 unspecified atom stereocenters. The fourth-order valence-electron chi connectivity index (χ4n) is 3.64. The van der Waals surface area contributed by atoms with E-state index in [0.29, 0.717) is 54.7 Å². The molecule has 0 aromatic heterocycles. The summed E-state index contributed by atoms with van der Waals surface area (Å²) in [5, 5.41) is 0.694. The topological polar surface area (TPSA) is 76.2 Å². The summed E-state index contributed by atoms with van der Waals surface area (Å²) in [5.74, 6) is 0.222. The Kier molecular flexibility index (Phi) is 7.75. The molecule has 32 heavy (non-hydrogen) atoms. The number of nitrogens with zero attached hydrogens (tertiary/aromatic N) is 2. The van der Waals surface area contributed by atoms with Crippen LogP contribution in [0.2, 0.25) is 5.02 Å². The number of carbonyl (C=O) groups excluding carboxylic acids is 3. The van der Waals surface area contributed by atoms with Crippen LogP contribution in [0.1, 0.15) is 34.8 Å². The molecule has 0 spiro atoms. The van der Waals surface area contributed by atoms with Gasteiger partial charge < -0.3 is 19.3 Å². The molecule has 1 heterocycles. The van der Waals surface area contributed by atoms with Crippen LogP contribution < -0.4 is 9.47 Å². The molecule has 2 aromatic carbocycles. The van der Waals surface area contributed by atoms with Gasteiger partial charge in [-0.2, -0.15) is 0 Å². The molecule has 7 nitrogen and oxygen atoms in total. The lowest BCUT2D eigenvalue weighted by Crippen LogP contribution is -2.39. The molecular formula is C24H27ClN2O5. The third kappa shape index (κ3) is 6.01. The van der Waals surface area contributed by atoms with Gasteiger partial charge in [0, 0.05) is 43.7 Å². The summed E-state index contributed by atoms with van der Waals surface area (Å²) in [5.41, 5.74) is 2.24. The zero-order valence-electron chi connectivity index (χ0n) is 18.5. The first-order valence-corrected chi connectivity index (χ1v) is 10.9. The van der Waals surface area contributed by atoms with Gasteiger partial charge in [0.25, 0.3) is 11.8 Å². The Labute approximate surface area is 192 Å². The Morgan fingerprint density at radius 3 is 2.28 bits per heavy atom. The molecule has 1 saturated heterocycles. The fraction of sp³-hybridized carbons (Fsp3) is 0.375. The average molecular weight is 459 g/mol. The summed E-state index contributed by atoms with van der Waals surface area (Å²) in [7, 11) is 0. The SMILES string of the molecule is CC(=O)Oc1cccc(C(=O)N2CCCN(C(=O)COc3cc(C)c(Cl)c(C)c3)CC2)c1. The van der Waals surface area contributed by atoms with E-state index in [9.17, 15) is 14.4 Å². The van der Waals surface area contributed by atoms with Crippen molar-refractivity contribution in [2.75, 3.05) is 32.8 Å². The predicted octanol–water partition coefficient (Wildman–Crippen LogP) is 3.64. The highest BCUT2D eigenvalue weighted by molar-refractivity contribution is 6.32. The first kappa shape index (κ1) is 23.6. The van der Waals surface area contributed by atoms with Crippen LogP contribution in [0.15, 0.2) is 36.4 Å². The lowest BCUT2D eigenvalue weighted by molar-refractivity contribution is -0.133. The molecule has 1 aliphatic heterocycles. The molecule has 0 bridgehead atoms. The van der Waals surface area contributed by atoms with Crippen molar-refractivity contribution in [1.82, 2.24) is 9.80 Å². The smallest absolute Gasteiger partial charge is 0.308 e. The van der Waals surface area contributed by atoms with E-state index in [-0.39, 0.29) is 18.4 Å². The van der Waals surface area contributed by atoms with Crippen LogP contribution in [0, 0.1) is 13.8 Å². The monoisotopic (exact) mass is 458 g/mol. The molecule has 0 aliphatic carbocycles. The lowest BCUT2D eigenvalue weighted by Gasteiger charge is -2.22. The van der Waals surface area contributed by atoms with E-state index in [4.69, 9.17) is 21.1 Å². The largest absolute Gasteiger partial charge is 0.484 e. The number of benzene rings is 2. The summed E-state index contributed by atoms with van der Waals surface area (Å²) in [6.07, 6.45) is 0.667. The molecule has 8 heteroatoms. The van der Waals surface area contributed by atoms with E-state index < -0.39 is 5.97 Å². The summed E-state index contributed by atoms with van der Waals surface area (Å²) >= 11 is 6.18. The third-order valence-corrected chi connectivity index (χ3v) is 5.85. The van der Waals surface area contributed by atoms with Crippen LogP contribution in [0.4, 0.5) is 0 Å². The lowest BCUT2D eigenvalue weighted by atomic mass is 10.1. The minimum absolute atomic E-state index is 0.0705. The zero-order valence-corrected chi connectivity index (χ0v) is 19.3. The average Bonchev–Trinajstić information content (AvgIpc) is 3.01. The number of halogens is 1. The van der Waals surface area contributed by atoms with Gasteiger partial charge in [-0.05, 0) is 61.7 Å². The summed E-state index contributed by atoms with van der Waals surface area (Å²) in [6, 6.07) is 10.2. The van der Waals surface area contributed by atoms with Crippen molar-refractivity contribution in [2.45, 2.75) is 27.2 Å². The molecule has 0 radical (unpaired) electrons. The van der Waals surface area contributed by atoms with Crippen molar-refractivity contribution in [2.24, 2.45) is 0 Å². The quantitative estimate of drug-likeness (QED) is 0.505. The molecule has 0 atom stereocenters. The van der Waals surface area contributed by atoms with Gasteiger partial charge in [0.05, 0.1) is 0 Å². The molecule has 0 N–H and O–H groups in total. The van der Waals surface area contributed by atoms with Gasteiger partial charge in [0.1, 0.15) is 11.5 Å². The van der Waals surface area contributed by atoms with Crippen molar-refractivity contribution in [3.8, 4) is 11.5 Å². The zero-order chi connectivity index (χ0) is 23.3. The molecule has 0 saturated carbocycles. The van der Waals surface area contributed by atoms with Crippen LogP contribution >= 0.6 is 11.6 Å². The molecule has 1 fully saturated rings. The van der Waals surface area contributed by atoms with Crippen molar-refractivity contribution in [3.63, 3.8) is 0 Å². The minimum atomic E-state index is -0.440. The summed E-state index contributed by atoms with van der Waals surface area (Å²) in [4.78, 5) is 40.2. The minimum Gasteiger partial charge on any atom is -0.484 e. The van der Waals surface area contributed by atoms with Crippen molar-refractivity contribution in [3.05, 3.63) is 58.1 Å². The van der Waals surface area contributed by atoms with Crippen LogP contribution in [0.25, 0.3) is 0 Å². The van der Waals surface area contributed by atoms with E-state index in [1.807, 2.05) is 26.0 Å². The Balaban J connectivity index is 1.57. The van der Waals surface area contributed by atoms with Gasteiger partial charge in [-0.25, -0.2) is 0 Å². The van der Waals surface area contributed by atoms with Crippen molar-refractivity contribution in [1.29, 1.82) is 0 Å². The van der Waals surface area contributed by atoms with Gasteiger partial charge in [0.15, 0.2) is 6.61 Å². The van der Waals surface area contributed by atoms with Gasteiger partial charge in [-0.1, -0.05) is 17.7 Å². The normalized spacial score (nSPS) is 14.0. The molecule has 2 amide bonds. The van der Waals surface area contributed by atoms with Gasteiger partial charge in [0.2, 0.25) is 0 Å². The number of hydrogen-bond donors (Lipinski definition) is 0. The highest BCUT2D eigenvalue weighted by Gasteiger charge is 2.23. The van der Waals surface area contributed by atoms with E-state index in [1.165, 1.54) is 6.92 Å². The maximum absolute atomic E-state index is 12.9. The maximum Gasteiger partial charge on any atom is 0.308 e. The van der Waals surface area contributed by atoms with Gasteiger partial charge >= 0.3 is 5.97 Å². The van der Waals surface area contributed by atoms with Crippen LogP contribution in [-0.4, -0.2) is 60.4 Å². The maximum atomic E-state index is 12.9. The first-order valence-electron chi connectivity index (χ1n) is 10.5. The van der Waals surface area contributed by atoms with Crippen molar-refractivity contribution < 1.29 is 23.9 Å². The van der Waals surface area contributed by atoms with Crippen LogP contribution in [0.5, 0.6) is 11.5 Å². The molecular weight excluding hydrogens is 432 g/mol.